The van der Waals surface area contributed by atoms with Crippen molar-refractivity contribution in [2.75, 3.05) is 0 Å². The predicted octanol–water partition coefficient (Wildman–Crippen LogP) is 5.91. The summed E-state index contributed by atoms with van der Waals surface area (Å²) in [6.07, 6.45) is 9.67. The van der Waals surface area contributed by atoms with E-state index in [1.54, 1.807) is 0 Å². The maximum absolute atomic E-state index is 12.8. The van der Waals surface area contributed by atoms with Crippen LogP contribution in [0.5, 0.6) is 0 Å². The zero-order valence-corrected chi connectivity index (χ0v) is 16.4. The molecule has 2 nitrogen and oxygen atoms in total. The van der Waals surface area contributed by atoms with E-state index in [1.165, 1.54) is 38.5 Å². The summed E-state index contributed by atoms with van der Waals surface area (Å²) in [6.45, 7) is 14.9. The Hall–Kier alpha value is -0.790. The summed E-state index contributed by atoms with van der Waals surface area (Å²) < 4.78 is 6.24. The van der Waals surface area contributed by atoms with Crippen LogP contribution in [0.3, 0.4) is 0 Å². The standard InChI is InChI=1S/C22H36O2/c1-7-21(6,24-19(23)15(2)11-20(3,4)5)22-12-16-8-17(13-22)10-18(9-16)14-22/h16-18H,2,7-14H2,1,3-6H3. The lowest BCUT2D eigenvalue weighted by molar-refractivity contribution is -0.202. The SMILES string of the molecule is C=C(CC(C)(C)C)C(=O)OC(C)(CC)C12CC3CC(CC(C3)C1)C2. The fourth-order valence-electron chi connectivity index (χ4n) is 6.30. The first-order valence-corrected chi connectivity index (χ1v) is 9.97. The van der Waals surface area contributed by atoms with E-state index in [-0.39, 0.29) is 22.4 Å². The molecule has 2 heteroatoms. The maximum atomic E-state index is 12.8. The van der Waals surface area contributed by atoms with Gasteiger partial charge in [-0.1, -0.05) is 34.3 Å². The summed E-state index contributed by atoms with van der Waals surface area (Å²) >= 11 is 0. The van der Waals surface area contributed by atoms with Gasteiger partial charge in [-0.15, -0.1) is 0 Å². The monoisotopic (exact) mass is 332 g/mol. The quantitative estimate of drug-likeness (QED) is 0.462. The minimum atomic E-state index is -0.332. The van der Waals surface area contributed by atoms with E-state index in [0.717, 1.165) is 24.2 Å². The molecule has 0 aromatic rings. The molecule has 4 aliphatic carbocycles. The lowest BCUT2D eigenvalue weighted by atomic mass is 9.45. The van der Waals surface area contributed by atoms with Gasteiger partial charge in [-0.25, -0.2) is 4.79 Å². The zero-order valence-electron chi connectivity index (χ0n) is 16.4. The molecule has 0 aromatic heterocycles. The number of esters is 1. The molecule has 0 aromatic carbocycles. The number of carbonyl (C=O) groups excluding carboxylic acids is 1. The van der Waals surface area contributed by atoms with Crippen molar-refractivity contribution >= 4 is 5.97 Å². The highest BCUT2D eigenvalue weighted by Crippen LogP contribution is 2.65. The topological polar surface area (TPSA) is 26.3 Å². The predicted molar refractivity (Wildman–Crippen MR) is 98.6 cm³/mol. The van der Waals surface area contributed by atoms with Crippen LogP contribution in [0.4, 0.5) is 0 Å². The Morgan fingerprint density at radius 2 is 1.50 bits per heavy atom. The molecule has 0 heterocycles. The van der Waals surface area contributed by atoms with Crippen LogP contribution in [0.15, 0.2) is 12.2 Å². The highest BCUT2D eigenvalue weighted by Gasteiger charge is 2.59. The fraction of sp³-hybridized carbons (Fsp3) is 0.864. The largest absolute Gasteiger partial charge is 0.455 e. The third-order valence-corrected chi connectivity index (χ3v) is 7.19. The first kappa shape index (κ1) is 18.0. The van der Waals surface area contributed by atoms with Gasteiger partial charge in [-0.05, 0) is 81.5 Å². The number of hydrogen-bond donors (Lipinski definition) is 0. The van der Waals surface area contributed by atoms with Crippen molar-refractivity contribution in [3.8, 4) is 0 Å². The summed E-state index contributed by atoms with van der Waals surface area (Å²) in [7, 11) is 0. The first-order valence-electron chi connectivity index (χ1n) is 9.97. The Labute approximate surface area is 148 Å². The normalized spacial score (nSPS) is 37.1. The van der Waals surface area contributed by atoms with Crippen LogP contribution in [0.2, 0.25) is 0 Å². The molecule has 0 radical (unpaired) electrons. The zero-order chi connectivity index (χ0) is 17.8. The van der Waals surface area contributed by atoms with Crippen LogP contribution in [0, 0.1) is 28.6 Å². The first-order chi connectivity index (χ1) is 11.1. The Morgan fingerprint density at radius 1 is 1.04 bits per heavy atom. The van der Waals surface area contributed by atoms with Crippen molar-refractivity contribution in [2.45, 2.75) is 91.6 Å². The van der Waals surface area contributed by atoms with Crippen LogP contribution >= 0.6 is 0 Å². The molecule has 4 saturated carbocycles. The van der Waals surface area contributed by atoms with Crippen LogP contribution in [-0.2, 0) is 9.53 Å². The number of carbonyl (C=O) groups is 1. The maximum Gasteiger partial charge on any atom is 0.333 e. The molecule has 0 saturated heterocycles. The number of hydrogen-bond acceptors (Lipinski definition) is 2. The van der Waals surface area contributed by atoms with E-state index in [0.29, 0.717) is 12.0 Å². The van der Waals surface area contributed by atoms with Gasteiger partial charge in [-0.2, -0.15) is 0 Å². The van der Waals surface area contributed by atoms with E-state index in [1.807, 2.05) is 0 Å². The van der Waals surface area contributed by atoms with Gasteiger partial charge in [-0.3, -0.25) is 0 Å². The molecular weight excluding hydrogens is 296 g/mol. The van der Waals surface area contributed by atoms with Gasteiger partial charge in [0.1, 0.15) is 5.60 Å². The van der Waals surface area contributed by atoms with Gasteiger partial charge in [0, 0.05) is 11.0 Å². The minimum absolute atomic E-state index is 0.0689. The fourth-order valence-corrected chi connectivity index (χ4v) is 6.30. The van der Waals surface area contributed by atoms with Gasteiger partial charge in [0.25, 0.3) is 0 Å². The van der Waals surface area contributed by atoms with Gasteiger partial charge in [0.15, 0.2) is 0 Å². The lowest BCUT2D eigenvalue weighted by Gasteiger charge is -2.62. The summed E-state index contributed by atoms with van der Waals surface area (Å²) in [5, 5.41) is 0. The van der Waals surface area contributed by atoms with E-state index < -0.39 is 0 Å². The summed E-state index contributed by atoms with van der Waals surface area (Å²) in [6, 6.07) is 0. The van der Waals surface area contributed by atoms with Crippen molar-refractivity contribution < 1.29 is 9.53 Å². The second-order valence-corrected chi connectivity index (χ2v) is 10.5. The third kappa shape index (κ3) is 3.18. The van der Waals surface area contributed by atoms with Crippen molar-refractivity contribution in [1.82, 2.24) is 0 Å². The Kier molecular flexibility index (Phi) is 4.42. The molecule has 4 fully saturated rings. The Bertz CT molecular complexity index is 489. The molecule has 4 aliphatic rings. The molecule has 0 N–H and O–H groups in total. The Balaban J connectivity index is 1.77. The van der Waals surface area contributed by atoms with Gasteiger partial charge in [0.2, 0.25) is 0 Å². The lowest BCUT2D eigenvalue weighted by Crippen LogP contribution is -2.58. The third-order valence-electron chi connectivity index (χ3n) is 7.19. The van der Waals surface area contributed by atoms with Gasteiger partial charge in [0.05, 0.1) is 0 Å². The summed E-state index contributed by atoms with van der Waals surface area (Å²) in [4.78, 5) is 12.8. The highest BCUT2D eigenvalue weighted by molar-refractivity contribution is 5.88. The summed E-state index contributed by atoms with van der Waals surface area (Å²) in [5.41, 5.74) is 0.584. The van der Waals surface area contributed by atoms with Crippen molar-refractivity contribution in [2.24, 2.45) is 28.6 Å². The second-order valence-electron chi connectivity index (χ2n) is 10.5. The molecule has 4 bridgehead atoms. The average Bonchev–Trinajstić information content (AvgIpc) is 2.43. The van der Waals surface area contributed by atoms with E-state index in [2.05, 4.69) is 41.2 Å². The van der Waals surface area contributed by atoms with Gasteiger partial charge >= 0.3 is 5.97 Å². The van der Waals surface area contributed by atoms with Crippen molar-refractivity contribution in [1.29, 1.82) is 0 Å². The van der Waals surface area contributed by atoms with E-state index in [4.69, 9.17) is 4.74 Å². The molecule has 136 valence electrons. The average molecular weight is 333 g/mol. The smallest absolute Gasteiger partial charge is 0.333 e. The molecule has 1 unspecified atom stereocenters. The molecule has 4 rings (SSSR count). The van der Waals surface area contributed by atoms with Crippen LogP contribution < -0.4 is 0 Å². The minimum Gasteiger partial charge on any atom is -0.455 e. The number of rotatable bonds is 5. The molecule has 24 heavy (non-hydrogen) atoms. The second kappa shape index (κ2) is 5.88. The molecule has 1 atom stereocenters. The van der Waals surface area contributed by atoms with Crippen molar-refractivity contribution in [3.63, 3.8) is 0 Å². The molecule has 0 spiro atoms. The molecular formula is C22H36O2. The van der Waals surface area contributed by atoms with E-state index >= 15 is 0 Å². The summed E-state index contributed by atoms with van der Waals surface area (Å²) in [5.74, 6) is 2.46. The molecule has 0 aliphatic heterocycles. The number of ether oxygens (including phenoxy) is 1. The van der Waals surface area contributed by atoms with Gasteiger partial charge < -0.3 is 4.74 Å². The van der Waals surface area contributed by atoms with E-state index in [9.17, 15) is 4.79 Å². The highest BCUT2D eigenvalue weighted by atomic mass is 16.6. The van der Waals surface area contributed by atoms with Crippen molar-refractivity contribution in [3.05, 3.63) is 12.2 Å². The molecule has 0 amide bonds. The van der Waals surface area contributed by atoms with Crippen LogP contribution in [0.1, 0.15) is 86.0 Å². The van der Waals surface area contributed by atoms with Crippen LogP contribution in [0.25, 0.3) is 0 Å². The van der Waals surface area contributed by atoms with Crippen LogP contribution in [-0.4, -0.2) is 11.6 Å². The Morgan fingerprint density at radius 3 is 1.88 bits per heavy atom.